The highest BCUT2D eigenvalue weighted by molar-refractivity contribution is 9.10. The minimum atomic E-state index is -0.397. The number of ether oxygens (including phenoxy) is 2. The molecule has 0 aliphatic heterocycles. The molecule has 0 saturated carbocycles. The Morgan fingerprint density at radius 1 is 1.00 bits per heavy atom. The Balaban J connectivity index is 1.46. The molecular weight excluding hydrogens is 540 g/mol. The number of rotatable bonds is 11. The maximum atomic E-state index is 12.6. The van der Waals surface area contributed by atoms with E-state index in [0.717, 1.165) is 29.2 Å². The zero-order valence-corrected chi connectivity index (χ0v) is 22.8. The molecule has 0 aliphatic rings. The molecule has 0 bridgehead atoms. The van der Waals surface area contributed by atoms with Crippen molar-refractivity contribution in [2.24, 2.45) is 0 Å². The van der Waals surface area contributed by atoms with E-state index in [1.807, 2.05) is 61.5 Å². The summed E-state index contributed by atoms with van der Waals surface area (Å²) in [6, 6.07) is 30.1. The fourth-order valence-corrected chi connectivity index (χ4v) is 4.77. The van der Waals surface area contributed by atoms with Gasteiger partial charge in [-0.25, -0.2) is 0 Å². The second kappa shape index (κ2) is 13.5. The van der Waals surface area contributed by atoms with Gasteiger partial charge in [0.25, 0.3) is 5.91 Å². The number of benzene rings is 4. The van der Waals surface area contributed by atoms with Gasteiger partial charge >= 0.3 is 0 Å². The zero-order chi connectivity index (χ0) is 26.7. The van der Waals surface area contributed by atoms with Crippen LogP contribution >= 0.6 is 15.9 Å². The van der Waals surface area contributed by atoms with E-state index in [4.69, 9.17) is 9.47 Å². The van der Waals surface area contributed by atoms with E-state index in [2.05, 4.69) is 51.6 Å². The third kappa shape index (κ3) is 7.02. The van der Waals surface area contributed by atoms with Crippen LogP contribution in [0.3, 0.4) is 0 Å². The van der Waals surface area contributed by atoms with E-state index < -0.39 is 5.91 Å². The van der Waals surface area contributed by atoms with Crippen molar-refractivity contribution >= 4 is 38.7 Å². The molecule has 0 saturated heterocycles. The molecule has 0 atom stereocenters. The van der Waals surface area contributed by atoms with Crippen LogP contribution in [0.2, 0.25) is 0 Å². The SMILES string of the molecule is CCOc1cc(/C=C(/C#N)C(=O)NCCCc2ccccc2)cc(Br)c1OCc1cccc2ccccc12. The molecule has 4 aromatic carbocycles. The summed E-state index contributed by atoms with van der Waals surface area (Å²) in [5.41, 5.74) is 2.98. The molecule has 0 unspecified atom stereocenters. The molecule has 38 heavy (non-hydrogen) atoms. The number of nitrogens with one attached hydrogen (secondary N) is 1. The average molecular weight is 569 g/mol. The molecule has 4 rings (SSSR count). The molecule has 0 aliphatic carbocycles. The molecular formula is C32H29BrN2O3. The minimum absolute atomic E-state index is 0.0310. The van der Waals surface area contributed by atoms with Crippen molar-refractivity contribution in [2.45, 2.75) is 26.4 Å². The molecule has 192 valence electrons. The quantitative estimate of drug-likeness (QED) is 0.118. The topological polar surface area (TPSA) is 71.3 Å². The van der Waals surface area contributed by atoms with Gasteiger partial charge < -0.3 is 14.8 Å². The number of fused-ring (bicyclic) bond motifs is 1. The van der Waals surface area contributed by atoms with E-state index in [9.17, 15) is 10.1 Å². The van der Waals surface area contributed by atoms with Gasteiger partial charge in [-0.15, -0.1) is 0 Å². The Morgan fingerprint density at radius 3 is 2.55 bits per heavy atom. The second-order valence-electron chi connectivity index (χ2n) is 8.70. The fraction of sp³-hybridized carbons (Fsp3) is 0.188. The molecule has 0 fully saturated rings. The number of hydrogen-bond donors (Lipinski definition) is 1. The molecule has 0 heterocycles. The summed E-state index contributed by atoms with van der Waals surface area (Å²) in [5, 5.41) is 14.8. The van der Waals surface area contributed by atoms with Crippen molar-refractivity contribution in [2.75, 3.05) is 13.2 Å². The van der Waals surface area contributed by atoms with E-state index in [1.165, 1.54) is 5.56 Å². The zero-order valence-electron chi connectivity index (χ0n) is 21.2. The Labute approximate surface area is 231 Å². The first-order chi connectivity index (χ1) is 18.6. The highest BCUT2D eigenvalue weighted by atomic mass is 79.9. The van der Waals surface area contributed by atoms with Crippen LogP contribution in [0.4, 0.5) is 0 Å². The highest BCUT2D eigenvalue weighted by Gasteiger charge is 2.15. The van der Waals surface area contributed by atoms with E-state index in [1.54, 1.807) is 12.1 Å². The van der Waals surface area contributed by atoms with Crippen LogP contribution in [0, 0.1) is 11.3 Å². The van der Waals surface area contributed by atoms with Gasteiger partial charge in [-0.2, -0.15) is 5.26 Å². The van der Waals surface area contributed by atoms with Gasteiger partial charge in [0.15, 0.2) is 11.5 Å². The van der Waals surface area contributed by atoms with E-state index in [-0.39, 0.29) is 5.57 Å². The van der Waals surface area contributed by atoms with Gasteiger partial charge in [-0.3, -0.25) is 4.79 Å². The lowest BCUT2D eigenvalue weighted by molar-refractivity contribution is -0.117. The molecule has 0 radical (unpaired) electrons. The molecule has 1 amide bonds. The Bertz CT molecular complexity index is 1470. The molecule has 0 spiro atoms. The van der Waals surface area contributed by atoms with Crippen molar-refractivity contribution in [1.29, 1.82) is 5.26 Å². The summed E-state index contributed by atoms with van der Waals surface area (Å²) in [4.78, 5) is 12.6. The van der Waals surface area contributed by atoms with Crippen molar-refractivity contribution in [3.63, 3.8) is 0 Å². The smallest absolute Gasteiger partial charge is 0.261 e. The standard InChI is InChI=1S/C32H29BrN2O3/c1-2-37-30-20-24(18-27(21-34)32(36)35-17-9-12-23-10-4-3-5-11-23)19-29(33)31(30)38-22-26-15-8-14-25-13-6-7-16-28(25)26/h3-8,10-11,13-16,18-20H,2,9,12,17,22H2,1H3,(H,35,36)/b27-18-. The molecule has 5 nitrogen and oxygen atoms in total. The Hall–Kier alpha value is -4.08. The summed E-state index contributed by atoms with van der Waals surface area (Å²) < 4.78 is 12.8. The van der Waals surface area contributed by atoms with Gasteiger partial charge in [0.05, 0.1) is 11.1 Å². The number of halogens is 1. The first-order valence-corrected chi connectivity index (χ1v) is 13.4. The molecule has 0 aromatic heterocycles. The van der Waals surface area contributed by atoms with Gasteiger partial charge in [0, 0.05) is 6.54 Å². The lowest BCUT2D eigenvalue weighted by atomic mass is 10.1. The van der Waals surface area contributed by atoms with Crippen molar-refractivity contribution < 1.29 is 14.3 Å². The summed E-state index contributed by atoms with van der Waals surface area (Å²) in [6.07, 6.45) is 3.21. The second-order valence-corrected chi connectivity index (χ2v) is 9.56. The summed E-state index contributed by atoms with van der Waals surface area (Å²) in [6.45, 7) is 3.19. The predicted octanol–water partition coefficient (Wildman–Crippen LogP) is 7.24. The Morgan fingerprint density at radius 2 is 1.76 bits per heavy atom. The van der Waals surface area contributed by atoms with Crippen LogP contribution in [-0.4, -0.2) is 19.1 Å². The van der Waals surface area contributed by atoms with Crippen LogP contribution in [-0.2, 0) is 17.8 Å². The number of carbonyl (C=O) groups is 1. The normalized spacial score (nSPS) is 11.1. The van der Waals surface area contributed by atoms with E-state index in [0.29, 0.717) is 41.3 Å². The van der Waals surface area contributed by atoms with Crippen molar-refractivity contribution in [3.8, 4) is 17.6 Å². The van der Waals surface area contributed by atoms with Crippen LogP contribution in [0.5, 0.6) is 11.5 Å². The number of nitriles is 1. The molecule has 1 N–H and O–H groups in total. The summed E-state index contributed by atoms with van der Waals surface area (Å²) >= 11 is 3.60. The van der Waals surface area contributed by atoms with Gasteiger partial charge in [-0.1, -0.05) is 72.8 Å². The monoisotopic (exact) mass is 568 g/mol. The third-order valence-corrected chi connectivity index (χ3v) is 6.62. The minimum Gasteiger partial charge on any atom is -0.490 e. The lowest BCUT2D eigenvalue weighted by Crippen LogP contribution is -2.25. The number of hydrogen-bond acceptors (Lipinski definition) is 4. The summed E-state index contributed by atoms with van der Waals surface area (Å²) in [5.74, 6) is 0.709. The Kier molecular flexibility index (Phi) is 9.55. The van der Waals surface area contributed by atoms with Gasteiger partial charge in [-0.05, 0) is 81.4 Å². The van der Waals surface area contributed by atoms with Gasteiger partial charge in [0.2, 0.25) is 0 Å². The maximum Gasteiger partial charge on any atom is 0.261 e. The van der Waals surface area contributed by atoms with Gasteiger partial charge in [0.1, 0.15) is 18.2 Å². The largest absolute Gasteiger partial charge is 0.490 e. The predicted molar refractivity (Wildman–Crippen MR) is 155 cm³/mol. The lowest BCUT2D eigenvalue weighted by Gasteiger charge is -2.16. The van der Waals surface area contributed by atoms with E-state index >= 15 is 0 Å². The summed E-state index contributed by atoms with van der Waals surface area (Å²) in [7, 11) is 0. The number of carbonyl (C=O) groups excluding carboxylic acids is 1. The first kappa shape index (κ1) is 27.0. The molecule has 6 heteroatoms. The third-order valence-electron chi connectivity index (χ3n) is 6.03. The maximum absolute atomic E-state index is 12.6. The first-order valence-electron chi connectivity index (χ1n) is 12.6. The van der Waals surface area contributed by atoms with Crippen LogP contribution < -0.4 is 14.8 Å². The number of nitrogens with zero attached hydrogens (tertiary/aromatic N) is 1. The molecule has 4 aromatic rings. The van der Waals surface area contributed by atoms with Crippen LogP contribution in [0.1, 0.15) is 30.0 Å². The van der Waals surface area contributed by atoms with Crippen LogP contribution in [0.15, 0.2) is 95.0 Å². The number of aryl methyl sites for hydroxylation is 1. The fourth-order valence-electron chi connectivity index (χ4n) is 4.19. The number of amides is 1. The van der Waals surface area contributed by atoms with Crippen molar-refractivity contribution in [3.05, 3.63) is 112 Å². The van der Waals surface area contributed by atoms with Crippen molar-refractivity contribution in [1.82, 2.24) is 5.32 Å². The van der Waals surface area contributed by atoms with Crippen LogP contribution in [0.25, 0.3) is 16.8 Å². The highest BCUT2D eigenvalue weighted by Crippen LogP contribution is 2.38. The average Bonchev–Trinajstić information content (AvgIpc) is 2.94.